The first-order chi connectivity index (χ1) is 12.8. The molecule has 0 atom stereocenters. The van der Waals surface area contributed by atoms with Crippen LogP contribution in [-0.4, -0.2) is 34.1 Å². The van der Waals surface area contributed by atoms with Crippen LogP contribution in [0.1, 0.15) is 5.89 Å². The van der Waals surface area contributed by atoms with Crippen LogP contribution < -0.4 is 4.74 Å². The minimum Gasteiger partial charge on any atom is -0.484 e. The van der Waals surface area contributed by atoms with Crippen molar-refractivity contribution in [2.24, 2.45) is 0 Å². The maximum Gasteiger partial charge on any atom is 0.261 e. The number of carbonyl (C=O) groups excluding carboxylic acids is 1. The Labute approximate surface area is 151 Å². The van der Waals surface area contributed by atoms with Crippen molar-refractivity contribution in [3.63, 3.8) is 0 Å². The number of amides is 1. The normalized spacial score (nSPS) is 10.3. The number of ether oxygens (including phenoxy) is 1. The molecule has 26 heavy (non-hydrogen) atoms. The molecule has 1 aromatic heterocycles. The van der Waals surface area contributed by atoms with Gasteiger partial charge in [0.1, 0.15) is 12.3 Å². The average Bonchev–Trinajstić information content (AvgIpc) is 3.16. The van der Waals surface area contributed by atoms with Crippen molar-refractivity contribution in [2.45, 2.75) is 6.54 Å². The molecule has 0 saturated carbocycles. The zero-order valence-electron chi connectivity index (χ0n) is 14.2. The maximum absolute atomic E-state index is 12.5. The number of carbonyl (C=O) groups is 1. The summed E-state index contributed by atoms with van der Waals surface area (Å²) in [6, 6.07) is 18.7. The highest BCUT2D eigenvalue weighted by atomic mass is 16.5. The lowest BCUT2D eigenvalue weighted by Gasteiger charge is -2.19. The molecular formula is C20H19N3O3. The van der Waals surface area contributed by atoms with Gasteiger partial charge in [-0.3, -0.25) is 4.79 Å². The van der Waals surface area contributed by atoms with E-state index < -0.39 is 0 Å². The lowest BCUT2D eigenvalue weighted by atomic mass is 10.2. The van der Waals surface area contributed by atoms with Gasteiger partial charge in [0, 0.05) is 12.1 Å². The molecule has 1 amide bonds. The van der Waals surface area contributed by atoms with Crippen molar-refractivity contribution >= 4 is 5.91 Å². The van der Waals surface area contributed by atoms with Crippen LogP contribution in [-0.2, 0) is 11.3 Å². The zero-order valence-corrected chi connectivity index (χ0v) is 14.2. The number of para-hydroxylation sites is 1. The van der Waals surface area contributed by atoms with Gasteiger partial charge in [-0.25, -0.2) is 0 Å². The number of aromatic nitrogens is 2. The van der Waals surface area contributed by atoms with Gasteiger partial charge in [-0.05, 0) is 12.1 Å². The molecule has 0 unspecified atom stereocenters. The van der Waals surface area contributed by atoms with Crippen LogP contribution in [0, 0.1) is 0 Å². The molecule has 6 heteroatoms. The number of benzene rings is 2. The monoisotopic (exact) mass is 349 g/mol. The Kier molecular flexibility index (Phi) is 5.77. The van der Waals surface area contributed by atoms with E-state index in [0.29, 0.717) is 24.0 Å². The molecule has 1 heterocycles. The summed E-state index contributed by atoms with van der Waals surface area (Å²) in [5.41, 5.74) is 0.858. The molecule has 0 radical (unpaired) electrons. The first-order valence-corrected chi connectivity index (χ1v) is 8.21. The summed E-state index contributed by atoms with van der Waals surface area (Å²) in [4.78, 5) is 18.4. The highest BCUT2D eigenvalue weighted by Gasteiger charge is 2.17. The van der Waals surface area contributed by atoms with Crippen molar-refractivity contribution in [3.8, 4) is 17.1 Å². The average molecular weight is 349 g/mol. The zero-order chi connectivity index (χ0) is 18.2. The summed E-state index contributed by atoms with van der Waals surface area (Å²) in [7, 11) is 0. The minimum absolute atomic E-state index is 0.0719. The van der Waals surface area contributed by atoms with Gasteiger partial charge in [-0.2, -0.15) is 4.98 Å². The lowest BCUT2D eigenvalue weighted by Crippen LogP contribution is -2.34. The molecule has 0 N–H and O–H groups in total. The molecule has 0 aliphatic carbocycles. The molecule has 2 aromatic carbocycles. The molecule has 6 nitrogen and oxygen atoms in total. The van der Waals surface area contributed by atoms with Crippen molar-refractivity contribution < 1.29 is 14.1 Å². The van der Waals surface area contributed by atoms with E-state index in [1.54, 1.807) is 23.1 Å². The summed E-state index contributed by atoms with van der Waals surface area (Å²) in [6.07, 6.45) is 1.65. The number of rotatable bonds is 8. The largest absolute Gasteiger partial charge is 0.484 e. The predicted molar refractivity (Wildman–Crippen MR) is 97.3 cm³/mol. The van der Waals surface area contributed by atoms with E-state index in [2.05, 4.69) is 16.7 Å². The van der Waals surface area contributed by atoms with Gasteiger partial charge in [0.15, 0.2) is 6.61 Å². The number of hydrogen-bond donors (Lipinski definition) is 0. The van der Waals surface area contributed by atoms with E-state index >= 15 is 0 Å². The second-order valence-electron chi connectivity index (χ2n) is 5.54. The van der Waals surface area contributed by atoms with Gasteiger partial charge >= 0.3 is 0 Å². The summed E-state index contributed by atoms with van der Waals surface area (Å²) < 4.78 is 10.8. The molecule has 0 bridgehead atoms. The fraction of sp³-hybridized carbons (Fsp3) is 0.150. The highest BCUT2D eigenvalue weighted by molar-refractivity contribution is 5.77. The summed E-state index contributed by atoms with van der Waals surface area (Å²) in [5, 5.41) is 3.97. The molecule has 3 rings (SSSR count). The second kappa shape index (κ2) is 8.62. The molecule has 0 aliphatic rings. The minimum atomic E-state index is -0.187. The third-order valence-corrected chi connectivity index (χ3v) is 3.63. The smallest absolute Gasteiger partial charge is 0.261 e. The van der Waals surface area contributed by atoms with Crippen molar-refractivity contribution in [3.05, 3.63) is 79.2 Å². The Bertz CT molecular complexity index is 847. The topological polar surface area (TPSA) is 68.5 Å². The summed E-state index contributed by atoms with van der Waals surface area (Å²) in [5.74, 6) is 1.31. The van der Waals surface area contributed by atoms with Gasteiger partial charge < -0.3 is 14.2 Å². The van der Waals surface area contributed by atoms with Gasteiger partial charge in [-0.15, -0.1) is 6.58 Å². The Morgan fingerprint density at radius 2 is 1.81 bits per heavy atom. The first-order valence-electron chi connectivity index (χ1n) is 8.21. The van der Waals surface area contributed by atoms with Gasteiger partial charge in [0.05, 0.1) is 0 Å². The fourth-order valence-corrected chi connectivity index (χ4v) is 2.35. The predicted octanol–water partition coefficient (Wildman–Crippen LogP) is 3.33. The maximum atomic E-state index is 12.5. The molecule has 0 spiro atoms. The van der Waals surface area contributed by atoms with Crippen molar-refractivity contribution in [2.75, 3.05) is 13.2 Å². The second-order valence-corrected chi connectivity index (χ2v) is 5.54. The third kappa shape index (κ3) is 4.57. The number of nitrogens with zero attached hydrogens (tertiary/aromatic N) is 3. The van der Waals surface area contributed by atoms with Gasteiger partial charge in [0.25, 0.3) is 5.91 Å². The van der Waals surface area contributed by atoms with E-state index in [4.69, 9.17) is 9.26 Å². The van der Waals surface area contributed by atoms with Crippen LogP contribution in [0.5, 0.6) is 5.75 Å². The van der Waals surface area contributed by atoms with Crippen LogP contribution in [0.25, 0.3) is 11.4 Å². The van der Waals surface area contributed by atoms with Crippen LogP contribution in [0.3, 0.4) is 0 Å². The fourth-order valence-electron chi connectivity index (χ4n) is 2.35. The molecule has 0 fully saturated rings. The molecule has 0 aliphatic heterocycles. The van der Waals surface area contributed by atoms with Crippen LogP contribution in [0.4, 0.5) is 0 Å². The lowest BCUT2D eigenvalue weighted by molar-refractivity contribution is -0.133. The Hall–Kier alpha value is -3.41. The Balaban J connectivity index is 1.63. The molecule has 0 saturated heterocycles. The number of hydrogen-bond acceptors (Lipinski definition) is 5. The SMILES string of the molecule is C=CCN(Cc1nc(-c2ccccc2)no1)C(=O)COc1ccccc1. The quantitative estimate of drug-likeness (QED) is 0.584. The van der Waals surface area contributed by atoms with E-state index in [0.717, 1.165) is 5.56 Å². The van der Waals surface area contributed by atoms with Crippen LogP contribution >= 0.6 is 0 Å². The van der Waals surface area contributed by atoms with Crippen LogP contribution in [0.2, 0.25) is 0 Å². The molecule has 132 valence electrons. The summed E-state index contributed by atoms with van der Waals surface area (Å²) >= 11 is 0. The van der Waals surface area contributed by atoms with E-state index in [1.807, 2.05) is 48.5 Å². The Morgan fingerprint density at radius 3 is 2.50 bits per heavy atom. The van der Waals surface area contributed by atoms with Crippen molar-refractivity contribution in [1.82, 2.24) is 15.0 Å². The van der Waals surface area contributed by atoms with E-state index in [-0.39, 0.29) is 19.1 Å². The van der Waals surface area contributed by atoms with Gasteiger partial charge in [-0.1, -0.05) is 59.8 Å². The van der Waals surface area contributed by atoms with E-state index in [1.165, 1.54) is 0 Å². The van der Waals surface area contributed by atoms with Crippen molar-refractivity contribution in [1.29, 1.82) is 0 Å². The standard InChI is InChI=1S/C20H19N3O3/c1-2-13-23(19(24)15-25-17-11-7-4-8-12-17)14-18-21-20(22-26-18)16-9-5-3-6-10-16/h2-12H,1,13-15H2. The highest BCUT2D eigenvalue weighted by Crippen LogP contribution is 2.16. The van der Waals surface area contributed by atoms with Gasteiger partial charge in [0.2, 0.25) is 11.7 Å². The van der Waals surface area contributed by atoms with E-state index in [9.17, 15) is 4.79 Å². The third-order valence-electron chi connectivity index (χ3n) is 3.63. The molecule has 3 aromatic rings. The molecular weight excluding hydrogens is 330 g/mol. The first kappa shape index (κ1) is 17.4. The summed E-state index contributed by atoms with van der Waals surface area (Å²) in [6.45, 7) is 4.18. The Morgan fingerprint density at radius 1 is 1.12 bits per heavy atom. The van der Waals surface area contributed by atoms with Crippen LogP contribution in [0.15, 0.2) is 77.8 Å².